The first kappa shape index (κ1) is 12.1. The Morgan fingerprint density at radius 3 is 3.19 bits per heavy atom. The molecule has 2 rings (SSSR count). The molecule has 1 aliphatic heterocycles. The Balaban J connectivity index is 2.04. The molecule has 1 unspecified atom stereocenters. The van der Waals surface area contributed by atoms with Crippen molar-refractivity contribution in [1.29, 1.82) is 0 Å². The van der Waals surface area contributed by atoms with Gasteiger partial charge in [-0.15, -0.1) is 0 Å². The van der Waals surface area contributed by atoms with Gasteiger partial charge in [0.05, 0.1) is 12.4 Å². The van der Waals surface area contributed by atoms with Gasteiger partial charge in [0.25, 0.3) is 5.56 Å². The minimum absolute atomic E-state index is 0.141. The molecule has 1 aliphatic rings. The lowest BCUT2D eigenvalue weighted by molar-refractivity contribution is 0.1000. The Kier molecular flexibility index (Phi) is 4.00. The van der Waals surface area contributed by atoms with Crippen molar-refractivity contribution in [3.05, 3.63) is 26.3 Å². The molecule has 0 spiro atoms. The molecule has 16 heavy (non-hydrogen) atoms. The predicted octanol–water partition coefficient (Wildman–Crippen LogP) is 2.23. The van der Waals surface area contributed by atoms with Gasteiger partial charge in [0.15, 0.2) is 5.15 Å². The quantitative estimate of drug-likeness (QED) is 0.804. The van der Waals surface area contributed by atoms with Gasteiger partial charge in [-0.1, -0.05) is 11.6 Å². The van der Waals surface area contributed by atoms with Crippen molar-refractivity contribution in [3.63, 3.8) is 0 Å². The standard InChI is InChI=1S/C10H12BrClN2O2/c11-8-9(12)13-6-14(10(8)15)4-3-7-2-1-5-16-7/h6-7H,1-5H2. The van der Waals surface area contributed by atoms with Crippen molar-refractivity contribution in [3.8, 4) is 0 Å². The molecule has 88 valence electrons. The molecule has 1 aromatic rings. The lowest BCUT2D eigenvalue weighted by atomic mass is 10.2. The monoisotopic (exact) mass is 306 g/mol. The highest BCUT2D eigenvalue weighted by Crippen LogP contribution is 2.17. The number of ether oxygens (including phenoxy) is 1. The molecule has 1 saturated heterocycles. The molecular weight excluding hydrogens is 295 g/mol. The topological polar surface area (TPSA) is 44.1 Å². The van der Waals surface area contributed by atoms with Gasteiger partial charge >= 0.3 is 0 Å². The van der Waals surface area contributed by atoms with Gasteiger partial charge in [-0.3, -0.25) is 9.36 Å². The first-order chi connectivity index (χ1) is 7.68. The lowest BCUT2D eigenvalue weighted by Gasteiger charge is -2.10. The van der Waals surface area contributed by atoms with Gasteiger partial charge in [-0.05, 0) is 35.2 Å². The molecule has 0 radical (unpaired) electrons. The molecule has 6 heteroatoms. The van der Waals surface area contributed by atoms with Crippen molar-refractivity contribution in [2.75, 3.05) is 6.61 Å². The van der Waals surface area contributed by atoms with Crippen LogP contribution in [0, 0.1) is 0 Å². The van der Waals surface area contributed by atoms with Gasteiger partial charge in [0.1, 0.15) is 4.47 Å². The zero-order valence-electron chi connectivity index (χ0n) is 8.66. The highest BCUT2D eigenvalue weighted by Gasteiger charge is 2.16. The Bertz CT molecular complexity index is 429. The smallest absolute Gasteiger partial charge is 0.269 e. The third-order valence-electron chi connectivity index (χ3n) is 2.66. The lowest BCUT2D eigenvalue weighted by Crippen LogP contribution is -2.23. The van der Waals surface area contributed by atoms with Gasteiger partial charge < -0.3 is 4.74 Å². The summed E-state index contributed by atoms with van der Waals surface area (Å²) in [5, 5.41) is 0.207. The molecule has 2 heterocycles. The number of nitrogens with zero attached hydrogens (tertiary/aromatic N) is 2. The van der Waals surface area contributed by atoms with Crippen LogP contribution in [0.25, 0.3) is 0 Å². The second kappa shape index (κ2) is 5.29. The van der Waals surface area contributed by atoms with Gasteiger partial charge in [-0.2, -0.15) is 0 Å². The minimum Gasteiger partial charge on any atom is -0.378 e. The average Bonchev–Trinajstić information content (AvgIpc) is 2.78. The maximum Gasteiger partial charge on any atom is 0.269 e. The van der Waals surface area contributed by atoms with Crippen LogP contribution in [0.3, 0.4) is 0 Å². The van der Waals surface area contributed by atoms with E-state index in [0.29, 0.717) is 11.0 Å². The summed E-state index contributed by atoms with van der Waals surface area (Å²) in [6, 6.07) is 0. The summed E-state index contributed by atoms with van der Waals surface area (Å²) in [7, 11) is 0. The van der Waals surface area contributed by atoms with E-state index in [1.165, 1.54) is 6.33 Å². The predicted molar refractivity (Wildman–Crippen MR) is 64.8 cm³/mol. The molecule has 0 aromatic carbocycles. The molecular formula is C10H12BrClN2O2. The number of hydrogen-bond donors (Lipinski definition) is 0. The molecule has 0 N–H and O–H groups in total. The number of aryl methyl sites for hydroxylation is 1. The van der Waals surface area contributed by atoms with E-state index in [1.807, 2.05) is 0 Å². The van der Waals surface area contributed by atoms with Gasteiger partial charge in [-0.25, -0.2) is 4.98 Å². The van der Waals surface area contributed by atoms with Crippen LogP contribution in [-0.2, 0) is 11.3 Å². The Hall–Kier alpha value is -0.390. The first-order valence-corrected chi connectivity index (χ1v) is 6.37. The highest BCUT2D eigenvalue weighted by molar-refractivity contribution is 9.10. The summed E-state index contributed by atoms with van der Waals surface area (Å²) in [5.74, 6) is 0. The SMILES string of the molecule is O=c1c(Br)c(Cl)ncn1CCC1CCCO1. The van der Waals surface area contributed by atoms with E-state index in [-0.39, 0.29) is 16.8 Å². The van der Waals surface area contributed by atoms with E-state index in [1.54, 1.807) is 4.57 Å². The number of rotatable bonds is 3. The van der Waals surface area contributed by atoms with Crippen molar-refractivity contribution >= 4 is 27.5 Å². The molecule has 0 amide bonds. The number of aromatic nitrogens is 2. The Morgan fingerprint density at radius 1 is 1.69 bits per heavy atom. The fraction of sp³-hybridized carbons (Fsp3) is 0.600. The fourth-order valence-corrected chi connectivity index (χ4v) is 2.21. The summed E-state index contributed by atoms with van der Waals surface area (Å²) in [4.78, 5) is 15.7. The second-order valence-electron chi connectivity index (χ2n) is 3.77. The van der Waals surface area contributed by atoms with Gasteiger partial charge in [0, 0.05) is 13.2 Å². The highest BCUT2D eigenvalue weighted by atomic mass is 79.9. The molecule has 4 nitrogen and oxygen atoms in total. The van der Waals surface area contributed by atoms with Crippen molar-refractivity contribution in [1.82, 2.24) is 9.55 Å². The summed E-state index contributed by atoms with van der Waals surface area (Å²) in [6.07, 6.45) is 4.79. The Labute approximate surface area is 107 Å². The molecule has 1 atom stereocenters. The molecule has 0 saturated carbocycles. The maximum absolute atomic E-state index is 11.7. The molecule has 0 bridgehead atoms. The van der Waals surface area contributed by atoms with Crippen LogP contribution in [0.4, 0.5) is 0 Å². The Morgan fingerprint density at radius 2 is 2.50 bits per heavy atom. The van der Waals surface area contributed by atoms with E-state index in [4.69, 9.17) is 16.3 Å². The van der Waals surface area contributed by atoms with E-state index in [0.717, 1.165) is 25.9 Å². The summed E-state index contributed by atoms with van der Waals surface area (Å²) in [6.45, 7) is 1.45. The normalized spacial score (nSPS) is 20.2. The third kappa shape index (κ3) is 2.64. The fourth-order valence-electron chi connectivity index (χ4n) is 1.76. The second-order valence-corrected chi connectivity index (χ2v) is 4.92. The zero-order valence-corrected chi connectivity index (χ0v) is 11.0. The van der Waals surface area contributed by atoms with Crippen LogP contribution in [0.5, 0.6) is 0 Å². The summed E-state index contributed by atoms with van der Waals surface area (Å²) in [5.41, 5.74) is -0.141. The number of halogens is 2. The molecule has 1 fully saturated rings. The van der Waals surface area contributed by atoms with Crippen LogP contribution in [0.1, 0.15) is 19.3 Å². The molecule has 1 aromatic heterocycles. The van der Waals surface area contributed by atoms with Crippen molar-refractivity contribution in [2.24, 2.45) is 0 Å². The van der Waals surface area contributed by atoms with E-state index in [9.17, 15) is 4.79 Å². The third-order valence-corrected chi connectivity index (χ3v) is 3.89. The van der Waals surface area contributed by atoms with Crippen LogP contribution in [0.15, 0.2) is 15.6 Å². The zero-order chi connectivity index (χ0) is 11.5. The summed E-state index contributed by atoms with van der Waals surface area (Å²) < 4.78 is 7.37. The van der Waals surface area contributed by atoms with E-state index < -0.39 is 0 Å². The van der Waals surface area contributed by atoms with Crippen LogP contribution >= 0.6 is 27.5 Å². The summed E-state index contributed by atoms with van der Waals surface area (Å²) >= 11 is 8.84. The van der Waals surface area contributed by atoms with E-state index >= 15 is 0 Å². The minimum atomic E-state index is -0.141. The van der Waals surface area contributed by atoms with Crippen molar-refractivity contribution in [2.45, 2.75) is 31.9 Å². The van der Waals surface area contributed by atoms with Crippen LogP contribution in [-0.4, -0.2) is 22.3 Å². The largest absolute Gasteiger partial charge is 0.378 e. The molecule has 0 aliphatic carbocycles. The average molecular weight is 308 g/mol. The van der Waals surface area contributed by atoms with Crippen LogP contribution < -0.4 is 5.56 Å². The first-order valence-electron chi connectivity index (χ1n) is 5.20. The van der Waals surface area contributed by atoms with Crippen LogP contribution in [0.2, 0.25) is 5.15 Å². The van der Waals surface area contributed by atoms with Crippen molar-refractivity contribution < 1.29 is 4.74 Å². The van der Waals surface area contributed by atoms with E-state index in [2.05, 4.69) is 20.9 Å². The van der Waals surface area contributed by atoms with Gasteiger partial charge in [0.2, 0.25) is 0 Å². The maximum atomic E-state index is 11.7. The number of hydrogen-bond acceptors (Lipinski definition) is 3.